The lowest BCUT2D eigenvalue weighted by atomic mass is 9.56. The van der Waals surface area contributed by atoms with Gasteiger partial charge in [0, 0.05) is 53.8 Å². The van der Waals surface area contributed by atoms with Crippen LogP contribution in [0, 0.1) is 10.8 Å². The minimum atomic E-state index is -0.675. The maximum atomic E-state index is 13.9. The number of carbonyl (C=O) groups excluding carboxylic acids is 5. The van der Waals surface area contributed by atoms with Crippen molar-refractivity contribution < 1.29 is 33.9 Å². The minimum absolute atomic E-state index is 0. The van der Waals surface area contributed by atoms with Gasteiger partial charge in [-0.2, -0.15) is 0 Å². The van der Waals surface area contributed by atoms with Crippen molar-refractivity contribution in [1.29, 1.82) is 0 Å². The fraction of sp³-hybridized carbons (Fsp3) is 0.447. The van der Waals surface area contributed by atoms with Crippen molar-refractivity contribution in [3.63, 3.8) is 0 Å². The number of nitrogens with two attached hydrogens (primary N) is 1. The van der Waals surface area contributed by atoms with Gasteiger partial charge in [-0.25, -0.2) is 0 Å². The van der Waals surface area contributed by atoms with Crippen molar-refractivity contribution in [3.8, 4) is 22.3 Å². The predicted molar refractivity (Wildman–Crippen MR) is 359 cm³/mol. The smallest absolute Gasteiger partial charge is 0.309 e. The van der Waals surface area contributed by atoms with E-state index >= 15 is 0 Å². The first-order valence-corrected chi connectivity index (χ1v) is 32.5. The molecule has 2 atom stereocenters. The van der Waals surface area contributed by atoms with Crippen LogP contribution in [0.15, 0.2) is 158 Å². The molecule has 4 bridgehead atoms. The van der Waals surface area contributed by atoms with E-state index in [9.17, 15) is 33.9 Å². The fourth-order valence-electron chi connectivity index (χ4n) is 14.5. The van der Waals surface area contributed by atoms with Gasteiger partial charge in [-0.1, -0.05) is 187 Å². The molecule has 6 saturated carbocycles. The van der Waals surface area contributed by atoms with Gasteiger partial charge in [0.2, 0.25) is 17.7 Å². The number of likely N-dealkylation sites (tertiary alicyclic amines) is 2. The van der Waals surface area contributed by atoms with E-state index in [1.807, 2.05) is 119 Å². The number of carbonyl (C=O) groups is 6. The lowest BCUT2D eigenvalue weighted by molar-refractivity contribution is -0.156. The van der Waals surface area contributed by atoms with Crippen LogP contribution in [0.3, 0.4) is 0 Å². The third-order valence-corrected chi connectivity index (χ3v) is 20.6. The van der Waals surface area contributed by atoms with Crippen molar-refractivity contribution in [2.75, 3.05) is 26.2 Å². The average Bonchev–Trinajstić information content (AvgIpc) is 0.839. The molecule has 2 aliphatic heterocycles. The number of nitrogens with one attached hydrogen (secondary N) is 3. The molecule has 6 N–H and O–H groups in total. The number of nitrogens with zero attached hydrogens (tertiary/aromatic N) is 2. The second kappa shape index (κ2) is 27.9. The highest BCUT2D eigenvalue weighted by atomic mass is 35.5. The second-order valence-corrected chi connectivity index (χ2v) is 28.4. The monoisotopic (exact) mass is 1240 g/mol. The molecule has 6 aromatic carbocycles. The summed E-state index contributed by atoms with van der Waals surface area (Å²) in [6, 6.07) is 50.5. The summed E-state index contributed by atoms with van der Waals surface area (Å²) in [5.74, 6) is -0.777. The lowest BCUT2D eigenvalue weighted by Gasteiger charge is -2.52. The zero-order valence-electron chi connectivity index (χ0n) is 53.6. The summed E-state index contributed by atoms with van der Waals surface area (Å²) in [5, 5.41) is 19.5. The van der Waals surface area contributed by atoms with Crippen molar-refractivity contribution >= 4 is 47.9 Å². The van der Waals surface area contributed by atoms with Gasteiger partial charge in [0.25, 0.3) is 11.8 Å². The van der Waals surface area contributed by atoms with Crippen molar-refractivity contribution in [3.05, 3.63) is 191 Å². The predicted octanol–water partition coefficient (Wildman–Crippen LogP) is 14.2. The van der Waals surface area contributed by atoms with Crippen LogP contribution in [0.5, 0.6) is 0 Å². The van der Waals surface area contributed by atoms with Crippen LogP contribution >= 0.6 is 12.4 Å². The zero-order chi connectivity index (χ0) is 63.2. The van der Waals surface area contributed by atoms with Gasteiger partial charge < -0.3 is 36.6 Å². The topological polar surface area (TPSA) is 191 Å². The molecule has 0 spiro atoms. The lowest BCUT2D eigenvalue weighted by Crippen LogP contribution is -2.60. The molecule has 2 heterocycles. The number of hydrogen-bond donors (Lipinski definition) is 5. The van der Waals surface area contributed by atoms with E-state index in [0.717, 1.165) is 124 Å². The SMILES string of the molecule is CC(C)(C)c1ccc(-c2ccccc2C(=O)NC23CCC(C(=O)N[C@H](C(=O)N4CCCC4)c4ccccc4)(CC2)CC3)cc1.CC(C)(C)c1ccc(-c2ccccc2C(=O)NC23CCC(C(=O)O)(CC2)CC3)cc1.Cl.N[C@H](C(=O)N1CCCC1)c1ccccc1. The number of hydrogen-bond acceptors (Lipinski definition) is 7. The molecule has 2 saturated heterocycles. The van der Waals surface area contributed by atoms with Gasteiger partial charge >= 0.3 is 5.97 Å². The molecule has 14 heteroatoms. The van der Waals surface area contributed by atoms with Crippen LogP contribution in [-0.4, -0.2) is 87.7 Å². The normalized spacial score (nSPS) is 23.1. The van der Waals surface area contributed by atoms with Crippen LogP contribution in [0.4, 0.5) is 0 Å². The highest BCUT2D eigenvalue weighted by molar-refractivity contribution is 6.02. The first kappa shape index (κ1) is 66.8. The van der Waals surface area contributed by atoms with Gasteiger partial charge in [0.15, 0.2) is 0 Å². The Morgan fingerprint density at radius 2 is 0.789 bits per heavy atom. The fourth-order valence-corrected chi connectivity index (χ4v) is 14.5. The van der Waals surface area contributed by atoms with Crippen molar-refractivity contribution in [1.82, 2.24) is 25.8 Å². The Morgan fingerprint density at radius 1 is 0.444 bits per heavy atom. The number of fused-ring (bicyclic) bond motifs is 6. The largest absolute Gasteiger partial charge is 0.481 e. The second-order valence-electron chi connectivity index (χ2n) is 28.4. The van der Waals surface area contributed by atoms with E-state index in [-0.39, 0.29) is 63.9 Å². The molecular formula is C76H93ClN6O7. The molecule has 0 unspecified atom stereocenters. The Bertz CT molecular complexity index is 3440. The van der Waals surface area contributed by atoms with Crippen LogP contribution in [0.1, 0.15) is 199 Å². The summed E-state index contributed by atoms with van der Waals surface area (Å²) in [5.41, 5.74) is 13.9. The Kier molecular flexibility index (Phi) is 20.7. The summed E-state index contributed by atoms with van der Waals surface area (Å²) in [4.78, 5) is 81.9. The summed E-state index contributed by atoms with van der Waals surface area (Å²) < 4.78 is 0. The van der Waals surface area contributed by atoms with Gasteiger partial charge in [-0.15, -0.1) is 12.4 Å². The highest BCUT2D eigenvalue weighted by Crippen LogP contribution is 2.54. The third-order valence-electron chi connectivity index (χ3n) is 20.6. The maximum absolute atomic E-state index is 13.9. The molecule has 14 rings (SSSR count). The molecule has 6 aliphatic carbocycles. The Hall–Kier alpha value is -7.61. The van der Waals surface area contributed by atoms with Gasteiger partial charge in [0.05, 0.1) is 5.41 Å². The Balaban J connectivity index is 0.000000179. The number of benzene rings is 6. The minimum Gasteiger partial charge on any atom is -0.481 e. The van der Waals surface area contributed by atoms with Gasteiger partial charge in [-0.05, 0) is 170 Å². The third kappa shape index (κ3) is 14.9. The first-order chi connectivity index (χ1) is 42.5. The molecule has 90 heavy (non-hydrogen) atoms. The van der Waals surface area contributed by atoms with Crippen molar-refractivity contribution in [2.24, 2.45) is 16.6 Å². The highest BCUT2D eigenvalue weighted by Gasteiger charge is 2.55. The maximum Gasteiger partial charge on any atom is 0.309 e. The number of halogens is 1. The van der Waals surface area contributed by atoms with E-state index < -0.39 is 28.9 Å². The quantitative estimate of drug-likeness (QED) is 0.0754. The van der Waals surface area contributed by atoms with Crippen LogP contribution in [0.2, 0.25) is 0 Å². The van der Waals surface area contributed by atoms with Crippen LogP contribution < -0.4 is 21.7 Å². The first-order valence-electron chi connectivity index (χ1n) is 32.5. The van der Waals surface area contributed by atoms with Crippen LogP contribution in [0.25, 0.3) is 22.3 Å². The average molecular weight is 1240 g/mol. The molecule has 8 fully saturated rings. The summed E-state index contributed by atoms with van der Waals surface area (Å²) in [7, 11) is 0. The zero-order valence-corrected chi connectivity index (χ0v) is 54.4. The molecule has 476 valence electrons. The molecule has 0 aromatic heterocycles. The number of carboxylic acid groups (broad SMARTS) is 1. The molecular weight excluding hydrogens is 1140 g/mol. The summed E-state index contributed by atoms with van der Waals surface area (Å²) in [6.45, 7) is 16.4. The number of aliphatic carboxylic acids is 1. The molecule has 6 aromatic rings. The molecule has 0 radical (unpaired) electrons. The van der Waals surface area contributed by atoms with Crippen molar-refractivity contribution in [2.45, 2.75) is 178 Å². The summed E-state index contributed by atoms with van der Waals surface area (Å²) >= 11 is 0. The summed E-state index contributed by atoms with van der Waals surface area (Å²) in [6.07, 6.45) is 12.8. The molecule has 13 nitrogen and oxygen atoms in total. The number of carboxylic acids is 1. The van der Waals surface area contributed by atoms with E-state index in [0.29, 0.717) is 49.7 Å². The Morgan fingerprint density at radius 3 is 1.17 bits per heavy atom. The van der Waals surface area contributed by atoms with E-state index in [1.165, 1.54) is 11.1 Å². The van der Waals surface area contributed by atoms with Crippen LogP contribution in [-0.2, 0) is 30.0 Å². The van der Waals surface area contributed by atoms with Gasteiger partial charge in [-0.3, -0.25) is 28.8 Å². The van der Waals surface area contributed by atoms with E-state index in [2.05, 4.69) is 106 Å². The van der Waals surface area contributed by atoms with E-state index in [1.54, 1.807) is 0 Å². The number of amides is 5. The standard InChI is InChI=1S/C38H45N3O3.C26H31NO3.C12H16N2O.ClH/c1-36(2,3)29-17-15-27(16-18-29)30-13-7-8-14-31(30)33(42)40-38-22-19-37(20-23-38,21-24-38)35(44)39-32(28-11-5-4-6-12-28)34(43)41-25-9-10-26-41;1-24(2,3)19-10-8-18(9-11-19)20-6-4-5-7-21(20)22(28)27-26-15-12-25(13-16-26,14-17-26)23(29)30;13-11(10-6-2-1-3-7-10)12(15)14-8-4-5-9-14;/h4-8,11-18,32H,9-10,19-26H2,1-3H3,(H,39,44)(H,40,42);4-11H,12-17H2,1-3H3,(H,27,28)(H,29,30);1-3,6-7,11H,4-5,8-9,13H2;1H/t32-,37?,38?;;11-;/m0.0./s1. The Labute approximate surface area is 539 Å². The molecule has 5 amide bonds. The molecule has 8 aliphatic rings. The van der Waals surface area contributed by atoms with Gasteiger partial charge in [0.1, 0.15) is 12.1 Å². The number of rotatable bonds is 13. The van der Waals surface area contributed by atoms with E-state index in [4.69, 9.17) is 5.73 Å².